The molecule has 0 amide bonds. The van der Waals surface area contributed by atoms with E-state index in [1.54, 1.807) is 0 Å². The van der Waals surface area contributed by atoms with Crippen LogP contribution in [0.15, 0.2) is 36.5 Å². The SMILES string of the molecule is CCc1cc2c(ccc3ncccc32)[nH]1. The van der Waals surface area contributed by atoms with Crippen LogP contribution in [0.2, 0.25) is 0 Å². The summed E-state index contributed by atoms with van der Waals surface area (Å²) in [5.41, 5.74) is 3.54. The van der Waals surface area contributed by atoms with E-state index in [0.29, 0.717) is 0 Å². The number of nitrogens with zero attached hydrogens (tertiary/aromatic N) is 1. The van der Waals surface area contributed by atoms with Crippen molar-refractivity contribution in [1.29, 1.82) is 0 Å². The smallest absolute Gasteiger partial charge is 0.0709 e. The molecule has 1 N–H and O–H groups in total. The first kappa shape index (κ1) is 8.48. The second-order valence-corrected chi connectivity index (χ2v) is 3.75. The van der Waals surface area contributed by atoms with Crippen molar-refractivity contribution < 1.29 is 0 Å². The minimum atomic E-state index is 1.04. The van der Waals surface area contributed by atoms with E-state index in [2.05, 4.69) is 41.2 Å². The average Bonchev–Trinajstić information content (AvgIpc) is 2.72. The van der Waals surface area contributed by atoms with E-state index < -0.39 is 0 Å². The van der Waals surface area contributed by atoms with E-state index in [1.165, 1.54) is 22.0 Å². The van der Waals surface area contributed by atoms with Gasteiger partial charge in [0.2, 0.25) is 0 Å². The van der Waals surface area contributed by atoms with Gasteiger partial charge in [-0.15, -0.1) is 0 Å². The lowest BCUT2D eigenvalue weighted by Gasteiger charge is -1.96. The predicted octanol–water partition coefficient (Wildman–Crippen LogP) is 3.28. The van der Waals surface area contributed by atoms with Crippen molar-refractivity contribution in [2.24, 2.45) is 0 Å². The van der Waals surface area contributed by atoms with Crippen LogP contribution < -0.4 is 0 Å². The molecule has 0 saturated carbocycles. The fourth-order valence-electron chi connectivity index (χ4n) is 2.01. The van der Waals surface area contributed by atoms with Gasteiger partial charge in [-0.1, -0.05) is 13.0 Å². The van der Waals surface area contributed by atoms with Crippen LogP contribution in [0.1, 0.15) is 12.6 Å². The number of hydrogen-bond donors (Lipinski definition) is 1. The minimum Gasteiger partial charge on any atom is -0.358 e. The minimum absolute atomic E-state index is 1.04. The summed E-state index contributed by atoms with van der Waals surface area (Å²) in [6, 6.07) is 10.5. The van der Waals surface area contributed by atoms with Crippen molar-refractivity contribution in [3.63, 3.8) is 0 Å². The quantitative estimate of drug-likeness (QED) is 0.635. The molecular formula is C13H12N2. The first-order valence-electron chi connectivity index (χ1n) is 5.24. The van der Waals surface area contributed by atoms with Crippen molar-refractivity contribution in [3.05, 3.63) is 42.2 Å². The van der Waals surface area contributed by atoms with Crippen molar-refractivity contribution in [1.82, 2.24) is 9.97 Å². The molecule has 3 aromatic rings. The van der Waals surface area contributed by atoms with E-state index in [-0.39, 0.29) is 0 Å². The molecule has 1 aromatic carbocycles. The van der Waals surface area contributed by atoms with Crippen molar-refractivity contribution >= 4 is 21.8 Å². The number of nitrogens with one attached hydrogen (secondary N) is 1. The van der Waals surface area contributed by atoms with Gasteiger partial charge >= 0.3 is 0 Å². The topological polar surface area (TPSA) is 28.7 Å². The summed E-state index contributed by atoms with van der Waals surface area (Å²) in [5.74, 6) is 0. The van der Waals surface area contributed by atoms with Crippen LogP contribution in [0.3, 0.4) is 0 Å². The number of aromatic nitrogens is 2. The van der Waals surface area contributed by atoms with Gasteiger partial charge in [0.15, 0.2) is 0 Å². The van der Waals surface area contributed by atoms with Crippen LogP contribution >= 0.6 is 0 Å². The van der Waals surface area contributed by atoms with Gasteiger partial charge in [-0.05, 0) is 30.7 Å². The maximum Gasteiger partial charge on any atom is 0.0709 e. The molecule has 0 saturated heterocycles. The van der Waals surface area contributed by atoms with Crippen LogP contribution in [-0.4, -0.2) is 9.97 Å². The maximum atomic E-state index is 4.35. The zero-order valence-electron chi connectivity index (χ0n) is 8.62. The standard InChI is InChI=1S/C13H12N2/c1-2-9-8-11-10-4-3-7-14-12(10)5-6-13(11)15-9/h3-8,15H,2H2,1H3. The molecule has 0 spiro atoms. The summed E-state index contributed by atoms with van der Waals surface area (Å²) in [5, 5.41) is 2.50. The highest BCUT2D eigenvalue weighted by molar-refractivity contribution is 6.05. The van der Waals surface area contributed by atoms with E-state index in [0.717, 1.165) is 11.9 Å². The molecule has 15 heavy (non-hydrogen) atoms. The number of benzene rings is 1. The monoisotopic (exact) mass is 196 g/mol. The summed E-state index contributed by atoms with van der Waals surface area (Å²) in [6.07, 6.45) is 2.87. The zero-order valence-corrected chi connectivity index (χ0v) is 8.62. The summed E-state index contributed by atoms with van der Waals surface area (Å²) in [4.78, 5) is 7.76. The van der Waals surface area contributed by atoms with E-state index in [9.17, 15) is 0 Å². The van der Waals surface area contributed by atoms with Gasteiger partial charge in [-0.25, -0.2) is 0 Å². The Morgan fingerprint density at radius 2 is 2.13 bits per heavy atom. The Bertz CT molecular complexity index is 623. The van der Waals surface area contributed by atoms with Crippen LogP contribution in [0.4, 0.5) is 0 Å². The third-order valence-corrected chi connectivity index (χ3v) is 2.82. The van der Waals surface area contributed by atoms with Crippen LogP contribution in [0.25, 0.3) is 21.8 Å². The summed E-state index contributed by atoms with van der Waals surface area (Å²) < 4.78 is 0. The van der Waals surface area contributed by atoms with Gasteiger partial charge in [0.25, 0.3) is 0 Å². The molecule has 2 nitrogen and oxygen atoms in total. The highest BCUT2D eigenvalue weighted by Gasteiger charge is 2.03. The van der Waals surface area contributed by atoms with Gasteiger partial charge in [0.05, 0.1) is 5.52 Å². The predicted molar refractivity (Wildman–Crippen MR) is 63.0 cm³/mol. The van der Waals surface area contributed by atoms with E-state index in [4.69, 9.17) is 0 Å². The Morgan fingerprint density at radius 3 is 3.00 bits per heavy atom. The molecule has 74 valence electrons. The molecule has 2 heteroatoms. The van der Waals surface area contributed by atoms with Crippen LogP contribution in [0.5, 0.6) is 0 Å². The fraction of sp³-hybridized carbons (Fsp3) is 0.154. The molecule has 3 rings (SSSR count). The van der Waals surface area contributed by atoms with Crippen molar-refractivity contribution in [2.75, 3.05) is 0 Å². The maximum absolute atomic E-state index is 4.35. The summed E-state index contributed by atoms with van der Waals surface area (Å²) in [6.45, 7) is 2.16. The highest BCUT2D eigenvalue weighted by Crippen LogP contribution is 2.24. The number of aromatic amines is 1. The third kappa shape index (κ3) is 1.22. The lowest BCUT2D eigenvalue weighted by atomic mass is 10.1. The second kappa shape index (κ2) is 3.09. The zero-order chi connectivity index (χ0) is 10.3. The molecule has 0 bridgehead atoms. The number of rotatable bonds is 1. The van der Waals surface area contributed by atoms with Gasteiger partial charge in [0, 0.05) is 28.2 Å². The molecule has 2 aromatic heterocycles. The number of hydrogen-bond acceptors (Lipinski definition) is 1. The van der Waals surface area contributed by atoms with Crippen LogP contribution in [0, 0.1) is 0 Å². The lowest BCUT2D eigenvalue weighted by molar-refractivity contribution is 1.07. The molecule has 2 heterocycles. The van der Waals surface area contributed by atoms with Gasteiger partial charge in [-0.3, -0.25) is 4.98 Å². The molecule has 0 radical (unpaired) electrons. The molecule has 0 aliphatic carbocycles. The Hall–Kier alpha value is -1.83. The number of H-pyrrole nitrogens is 1. The molecule has 0 aliphatic rings. The van der Waals surface area contributed by atoms with Crippen molar-refractivity contribution in [3.8, 4) is 0 Å². The number of fused-ring (bicyclic) bond motifs is 3. The fourth-order valence-corrected chi connectivity index (χ4v) is 2.01. The normalized spacial score (nSPS) is 11.3. The lowest BCUT2D eigenvalue weighted by Crippen LogP contribution is -1.77. The Morgan fingerprint density at radius 1 is 1.20 bits per heavy atom. The largest absolute Gasteiger partial charge is 0.358 e. The molecule has 0 aliphatic heterocycles. The molecule has 0 fully saturated rings. The first-order valence-corrected chi connectivity index (χ1v) is 5.24. The summed E-state index contributed by atoms with van der Waals surface area (Å²) in [7, 11) is 0. The van der Waals surface area contributed by atoms with Gasteiger partial charge in [0.1, 0.15) is 0 Å². The van der Waals surface area contributed by atoms with Gasteiger partial charge in [-0.2, -0.15) is 0 Å². The van der Waals surface area contributed by atoms with Crippen LogP contribution in [-0.2, 0) is 6.42 Å². The Balaban J connectivity index is 2.47. The molecule has 0 unspecified atom stereocenters. The molecular weight excluding hydrogens is 184 g/mol. The second-order valence-electron chi connectivity index (χ2n) is 3.75. The van der Waals surface area contributed by atoms with E-state index in [1.807, 2.05) is 12.3 Å². The first-order chi connectivity index (χ1) is 7.38. The van der Waals surface area contributed by atoms with E-state index >= 15 is 0 Å². The third-order valence-electron chi connectivity index (χ3n) is 2.82. The number of pyridine rings is 1. The Labute approximate surface area is 88.0 Å². The average molecular weight is 196 g/mol. The molecule has 0 atom stereocenters. The highest BCUT2D eigenvalue weighted by atomic mass is 14.7. The number of aryl methyl sites for hydroxylation is 1. The van der Waals surface area contributed by atoms with Crippen molar-refractivity contribution in [2.45, 2.75) is 13.3 Å². The Kier molecular flexibility index (Phi) is 1.75. The summed E-state index contributed by atoms with van der Waals surface area (Å²) >= 11 is 0. The van der Waals surface area contributed by atoms with Gasteiger partial charge < -0.3 is 4.98 Å².